The molecule has 0 bridgehead atoms. The van der Waals surface area contributed by atoms with Crippen LogP contribution in [0, 0.1) is 0 Å². The Bertz CT molecular complexity index is 687. The molecule has 2 aromatic carbocycles. The second kappa shape index (κ2) is 11.0. The first-order valence-electron chi connectivity index (χ1n) is 8.60. The smallest absolute Gasteiger partial charge is 0.251 e. The highest BCUT2D eigenvalue weighted by molar-refractivity contribution is 5.96. The van der Waals surface area contributed by atoms with Crippen molar-refractivity contribution in [1.29, 1.82) is 0 Å². The summed E-state index contributed by atoms with van der Waals surface area (Å²) in [6.45, 7) is 1.91. The fourth-order valence-corrected chi connectivity index (χ4v) is 2.36. The lowest BCUT2D eigenvalue weighted by molar-refractivity contribution is -0.115. The van der Waals surface area contributed by atoms with Crippen molar-refractivity contribution in [3.63, 3.8) is 0 Å². The number of carbonyl (C=O) groups excluding carboxylic acids is 2. The van der Waals surface area contributed by atoms with Crippen LogP contribution in [0.4, 0.5) is 5.69 Å². The number of methoxy groups -OCH3 is 1. The fourth-order valence-electron chi connectivity index (χ4n) is 2.36. The van der Waals surface area contributed by atoms with Crippen molar-refractivity contribution in [3.8, 4) is 0 Å². The average molecular weight is 355 g/mol. The summed E-state index contributed by atoms with van der Waals surface area (Å²) in [7, 11) is 1.58. The highest BCUT2D eigenvalue weighted by Gasteiger charge is 2.06. The molecular weight excluding hydrogens is 330 g/mol. The molecule has 0 saturated carbocycles. The van der Waals surface area contributed by atoms with Gasteiger partial charge in [0, 0.05) is 24.9 Å². The molecule has 0 aromatic heterocycles. The summed E-state index contributed by atoms with van der Waals surface area (Å²) in [6.07, 6.45) is 0.876. The predicted octanol–water partition coefficient (Wildman–Crippen LogP) is 1.83. The molecule has 26 heavy (non-hydrogen) atoms. The molecule has 0 unspecified atom stereocenters. The molecule has 0 radical (unpaired) electrons. The largest absolute Gasteiger partial charge is 0.383 e. The van der Waals surface area contributed by atoms with Gasteiger partial charge in [-0.15, -0.1) is 0 Å². The van der Waals surface area contributed by atoms with Crippen LogP contribution in [0.3, 0.4) is 0 Å². The second-order valence-corrected chi connectivity index (χ2v) is 5.79. The normalized spacial score (nSPS) is 10.3. The highest BCUT2D eigenvalue weighted by atomic mass is 16.5. The van der Waals surface area contributed by atoms with Crippen molar-refractivity contribution in [2.24, 2.45) is 0 Å². The van der Waals surface area contributed by atoms with Crippen molar-refractivity contribution < 1.29 is 14.3 Å². The van der Waals surface area contributed by atoms with Gasteiger partial charge in [-0.1, -0.05) is 30.3 Å². The minimum atomic E-state index is -0.164. The van der Waals surface area contributed by atoms with E-state index in [2.05, 4.69) is 28.1 Å². The third-order valence-corrected chi connectivity index (χ3v) is 3.74. The van der Waals surface area contributed by atoms with Crippen LogP contribution >= 0.6 is 0 Å². The van der Waals surface area contributed by atoms with E-state index in [1.54, 1.807) is 31.4 Å². The van der Waals surface area contributed by atoms with Crippen LogP contribution < -0.4 is 16.0 Å². The predicted molar refractivity (Wildman–Crippen MR) is 102 cm³/mol. The molecule has 0 spiro atoms. The molecule has 6 heteroatoms. The highest BCUT2D eigenvalue weighted by Crippen LogP contribution is 2.09. The van der Waals surface area contributed by atoms with E-state index >= 15 is 0 Å². The molecule has 6 nitrogen and oxygen atoms in total. The van der Waals surface area contributed by atoms with Gasteiger partial charge >= 0.3 is 0 Å². The van der Waals surface area contributed by atoms with Crippen molar-refractivity contribution in [2.75, 3.05) is 38.7 Å². The topological polar surface area (TPSA) is 79.5 Å². The van der Waals surface area contributed by atoms with Crippen molar-refractivity contribution in [3.05, 3.63) is 65.7 Å². The summed E-state index contributed by atoms with van der Waals surface area (Å²) in [5.41, 5.74) is 2.44. The number of ether oxygens (including phenoxy) is 1. The van der Waals surface area contributed by atoms with Crippen LogP contribution in [0.15, 0.2) is 54.6 Å². The third-order valence-electron chi connectivity index (χ3n) is 3.74. The maximum absolute atomic E-state index is 12.0. The molecule has 0 atom stereocenters. The maximum Gasteiger partial charge on any atom is 0.251 e. The van der Waals surface area contributed by atoms with E-state index < -0.39 is 0 Å². The van der Waals surface area contributed by atoms with Gasteiger partial charge in [0.05, 0.1) is 13.2 Å². The van der Waals surface area contributed by atoms with Gasteiger partial charge in [-0.3, -0.25) is 9.59 Å². The van der Waals surface area contributed by atoms with Gasteiger partial charge in [0.2, 0.25) is 5.91 Å². The average Bonchev–Trinajstić information content (AvgIpc) is 2.67. The first-order chi connectivity index (χ1) is 12.7. The van der Waals surface area contributed by atoms with Gasteiger partial charge in [0.1, 0.15) is 0 Å². The summed E-state index contributed by atoms with van der Waals surface area (Å²) < 4.78 is 4.89. The molecule has 0 aliphatic carbocycles. The van der Waals surface area contributed by atoms with E-state index in [4.69, 9.17) is 4.74 Å². The fraction of sp³-hybridized carbons (Fsp3) is 0.300. The summed E-state index contributed by atoms with van der Waals surface area (Å²) in [6, 6.07) is 16.9. The number of rotatable bonds is 10. The van der Waals surface area contributed by atoms with Gasteiger partial charge in [-0.25, -0.2) is 0 Å². The summed E-state index contributed by atoms with van der Waals surface area (Å²) in [4.78, 5) is 23.8. The zero-order valence-electron chi connectivity index (χ0n) is 15.0. The quantitative estimate of drug-likeness (QED) is 0.568. The van der Waals surface area contributed by atoms with E-state index in [9.17, 15) is 9.59 Å². The van der Waals surface area contributed by atoms with Crippen molar-refractivity contribution in [1.82, 2.24) is 10.6 Å². The molecule has 138 valence electrons. The molecule has 0 aliphatic heterocycles. The number of amides is 2. The standard InChI is InChI=1S/C20H25N3O3/c1-26-14-13-22-20(25)17-7-9-18(10-8-17)23-19(24)15-21-12-11-16-5-3-2-4-6-16/h2-10,21H,11-15H2,1H3,(H,22,25)(H,23,24). The summed E-state index contributed by atoms with van der Waals surface area (Å²) in [5, 5.41) is 8.68. The molecule has 3 N–H and O–H groups in total. The minimum Gasteiger partial charge on any atom is -0.383 e. The van der Waals surface area contributed by atoms with Gasteiger partial charge in [0.25, 0.3) is 5.91 Å². The summed E-state index contributed by atoms with van der Waals surface area (Å²) >= 11 is 0. The van der Waals surface area contributed by atoms with Gasteiger partial charge in [-0.2, -0.15) is 0 Å². The number of hydrogen-bond donors (Lipinski definition) is 3. The Morgan fingerprint density at radius 2 is 1.69 bits per heavy atom. The zero-order chi connectivity index (χ0) is 18.6. The van der Waals surface area contributed by atoms with E-state index in [-0.39, 0.29) is 18.4 Å². The Labute approximate surface area is 153 Å². The van der Waals surface area contributed by atoms with E-state index in [0.717, 1.165) is 13.0 Å². The van der Waals surface area contributed by atoms with E-state index in [1.807, 2.05) is 18.2 Å². The maximum atomic E-state index is 12.0. The minimum absolute atomic E-state index is 0.115. The van der Waals surface area contributed by atoms with E-state index in [0.29, 0.717) is 24.4 Å². The first kappa shape index (κ1) is 19.6. The molecule has 0 saturated heterocycles. The molecule has 0 aliphatic rings. The second-order valence-electron chi connectivity index (χ2n) is 5.79. The van der Waals surface area contributed by atoms with Gasteiger partial charge in [-0.05, 0) is 42.8 Å². The number of anilines is 1. The Morgan fingerprint density at radius 3 is 2.38 bits per heavy atom. The molecular formula is C20H25N3O3. The number of carbonyl (C=O) groups is 2. The van der Waals surface area contributed by atoms with Crippen LogP contribution in [0.1, 0.15) is 15.9 Å². The van der Waals surface area contributed by atoms with Crippen LogP contribution in [-0.2, 0) is 16.0 Å². The first-order valence-corrected chi connectivity index (χ1v) is 8.60. The lowest BCUT2D eigenvalue weighted by Gasteiger charge is -2.08. The Balaban J connectivity index is 1.69. The number of benzene rings is 2. The van der Waals surface area contributed by atoms with E-state index in [1.165, 1.54) is 5.56 Å². The Kier molecular flexibility index (Phi) is 8.32. The summed E-state index contributed by atoms with van der Waals surface area (Å²) in [5.74, 6) is -0.280. The van der Waals surface area contributed by atoms with Crippen molar-refractivity contribution >= 4 is 17.5 Å². The van der Waals surface area contributed by atoms with Gasteiger partial charge < -0.3 is 20.7 Å². The molecule has 2 aromatic rings. The number of nitrogens with one attached hydrogen (secondary N) is 3. The van der Waals surface area contributed by atoms with Crippen LogP contribution in [0.2, 0.25) is 0 Å². The Hall–Kier alpha value is -2.70. The van der Waals surface area contributed by atoms with Gasteiger partial charge in [0.15, 0.2) is 0 Å². The molecule has 0 fully saturated rings. The molecule has 2 amide bonds. The number of hydrogen-bond acceptors (Lipinski definition) is 4. The van der Waals surface area contributed by atoms with Crippen molar-refractivity contribution in [2.45, 2.75) is 6.42 Å². The zero-order valence-corrected chi connectivity index (χ0v) is 15.0. The molecule has 2 rings (SSSR count). The molecule has 0 heterocycles. The Morgan fingerprint density at radius 1 is 0.962 bits per heavy atom. The SMILES string of the molecule is COCCNC(=O)c1ccc(NC(=O)CNCCc2ccccc2)cc1. The van der Waals surface area contributed by atoms with Crippen LogP contribution in [-0.4, -0.2) is 45.2 Å². The lowest BCUT2D eigenvalue weighted by Crippen LogP contribution is -2.29. The third kappa shape index (κ3) is 7.04. The van der Waals surface area contributed by atoms with Crippen LogP contribution in [0.25, 0.3) is 0 Å². The van der Waals surface area contributed by atoms with Crippen LogP contribution in [0.5, 0.6) is 0 Å². The monoisotopic (exact) mass is 355 g/mol. The lowest BCUT2D eigenvalue weighted by atomic mass is 10.1.